The zero-order valence-electron chi connectivity index (χ0n) is 9.79. The number of ether oxygens (including phenoxy) is 1. The molecule has 1 atom stereocenters. The second-order valence-corrected chi connectivity index (χ2v) is 4.63. The lowest BCUT2D eigenvalue weighted by atomic mass is 10.2. The molecule has 1 N–H and O–H groups in total. The van der Waals surface area contributed by atoms with Crippen LogP contribution < -0.4 is 10.1 Å². The SMILES string of the molecule is C=CCC(C)NCc1ccc(OC)c(Br)c1. The summed E-state index contributed by atoms with van der Waals surface area (Å²) in [4.78, 5) is 0. The number of hydrogen-bond donors (Lipinski definition) is 1. The van der Waals surface area contributed by atoms with Crippen LogP contribution in [0.4, 0.5) is 0 Å². The molecule has 0 aromatic heterocycles. The molecule has 1 rings (SSSR count). The summed E-state index contributed by atoms with van der Waals surface area (Å²) in [5, 5.41) is 3.43. The van der Waals surface area contributed by atoms with E-state index in [1.165, 1.54) is 5.56 Å². The molecule has 0 amide bonds. The number of methoxy groups -OCH3 is 1. The van der Waals surface area contributed by atoms with Crippen molar-refractivity contribution in [3.8, 4) is 5.75 Å². The third-order valence-electron chi connectivity index (χ3n) is 2.39. The molecule has 0 bridgehead atoms. The van der Waals surface area contributed by atoms with Crippen LogP contribution in [0, 0.1) is 0 Å². The van der Waals surface area contributed by atoms with E-state index < -0.39 is 0 Å². The summed E-state index contributed by atoms with van der Waals surface area (Å²) >= 11 is 3.48. The largest absolute Gasteiger partial charge is 0.496 e. The molecule has 0 saturated carbocycles. The van der Waals surface area contributed by atoms with Crippen LogP contribution in [0.25, 0.3) is 0 Å². The molecule has 16 heavy (non-hydrogen) atoms. The molecule has 88 valence electrons. The van der Waals surface area contributed by atoms with Crippen molar-refractivity contribution < 1.29 is 4.74 Å². The third-order valence-corrected chi connectivity index (χ3v) is 3.01. The smallest absolute Gasteiger partial charge is 0.133 e. The molecule has 0 spiro atoms. The van der Waals surface area contributed by atoms with Crippen molar-refractivity contribution in [1.29, 1.82) is 0 Å². The first-order valence-corrected chi connectivity index (χ1v) is 6.13. The fourth-order valence-corrected chi connectivity index (χ4v) is 2.03. The molecule has 2 nitrogen and oxygen atoms in total. The van der Waals surface area contributed by atoms with Crippen LogP contribution in [0.2, 0.25) is 0 Å². The van der Waals surface area contributed by atoms with Gasteiger partial charge in [-0.1, -0.05) is 12.1 Å². The second-order valence-electron chi connectivity index (χ2n) is 3.78. The maximum absolute atomic E-state index is 5.18. The Hall–Kier alpha value is -0.800. The fraction of sp³-hybridized carbons (Fsp3) is 0.385. The van der Waals surface area contributed by atoms with Gasteiger partial charge in [-0.05, 0) is 47.0 Å². The van der Waals surface area contributed by atoms with Crippen molar-refractivity contribution in [3.05, 3.63) is 40.9 Å². The lowest BCUT2D eigenvalue weighted by molar-refractivity contribution is 0.412. The molecular weight excluding hydrogens is 266 g/mol. The Morgan fingerprint density at radius 3 is 2.88 bits per heavy atom. The first kappa shape index (κ1) is 13.3. The lowest BCUT2D eigenvalue weighted by Gasteiger charge is -2.12. The predicted octanol–water partition coefficient (Wildman–Crippen LogP) is 3.51. The zero-order chi connectivity index (χ0) is 12.0. The molecule has 0 aliphatic heterocycles. The van der Waals surface area contributed by atoms with Gasteiger partial charge in [0.1, 0.15) is 5.75 Å². The van der Waals surface area contributed by atoms with Gasteiger partial charge in [0.05, 0.1) is 11.6 Å². The average Bonchev–Trinajstić information content (AvgIpc) is 2.27. The Labute approximate surface area is 106 Å². The van der Waals surface area contributed by atoms with E-state index in [0.29, 0.717) is 6.04 Å². The van der Waals surface area contributed by atoms with Crippen LogP contribution in [0.5, 0.6) is 5.75 Å². The molecule has 0 saturated heterocycles. The lowest BCUT2D eigenvalue weighted by Crippen LogP contribution is -2.24. The van der Waals surface area contributed by atoms with Crippen molar-refractivity contribution in [2.45, 2.75) is 25.9 Å². The standard InChI is InChI=1S/C13H18BrNO/c1-4-5-10(2)15-9-11-6-7-13(16-3)12(14)8-11/h4,6-8,10,15H,1,5,9H2,2-3H3. The average molecular weight is 284 g/mol. The van der Waals surface area contributed by atoms with Gasteiger partial charge in [-0.3, -0.25) is 0 Å². The third kappa shape index (κ3) is 3.99. The highest BCUT2D eigenvalue weighted by Crippen LogP contribution is 2.25. The predicted molar refractivity (Wildman–Crippen MR) is 71.8 cm³/mol. The van der Waals surface area contributed by atoms with Crippen LogP contribution in [0.1, 0.15) is 18.9 Å². The van der Waals surface area contributed by atoms with E-state index in [-0.39, 0.29) is 0 Å². The highest BCUT2D eigenvalue weighted by Gasteiger charge is 2.03. The summed E-state index contributed by atoms with van der Waals surface area (Å²) in [5.74, 6) is 0.864. The van der Waals surface area contributed by atoms with Crippen molar-refractivity contribution in [3.63, 3.8) is 0 Å². The quantitative estimate of drug-likeness (QED) is 0.807. The van der Waals surface area contributed by atoms with E-state index in [4.69, 9.17) is 4.74 Å². The van der Waals surface area contributed by atoms with Gasteiger partial charge < -0.3 is 10.1 Å². The van der Waals surface area contributed by atoms with Gasteiger partial charge in [-0.2, -0.15) is 0 Å². The van der Waals surface area contributed by atoms with Gasteiger partial charge in [0.2, 0.25) is 0 Å². The topological polar surface area (TPSA) is 21.3 Å². The molecule has 0 fully saturated rings. The normalized spacial score (nSPS) is 12.2. The van der Waals surface area contributed by atoms with Crippen LogP contribution >= 0.6 is 15.9 Å². The summed E-state index contributed by atoms with van der Waals surface area (Å²) in [7, 11) is 1.67. The number of nitrogens with one attached hydrogen (secondary N) is 1. The number of benzene rings is 1. The van der Waals surface area contributed by atoms with Gasteiger partial charge in [0, 0.05) is 12.6 Å². The number of halogens is 1. The Morgan fingerprint density at radius 1 is 1.56 bits per heavy atom. The van der Waals surface area contributed by atoms with Gasteiger partial charge >= 0.3 is 0 Å². The van der Waals surface area contributed by atoms with Crippen molar-refractivity contribution in [2.75, 3.05) is 7.11 Å². The summed E-state index contributed by atoms with van der Waals surface area (Å²) in [6.45, 7) is 6.74. The van der Waals surface area contributed by atoms with Gasteiger partial charge in [0.15, 0.2) is 0 Å². The highest BCUT2D eigenvalue weighted by molar-refractivity contribution is 9.10. The first-order valence-electron chi connectivity index (χ1n) is 5.34. The Balaban J connectivity index is 2.54. The Morgan fingerprint density at radius 2 is 2.31 bits per heavy atom. The van der Waals surface area contributed by atoms with Crippen LogP contribution in [-0.4, -0.2) is 13.2 Å². The van der Waals surface area contributed by atoms with Gasteiger partial charge in [-0.15, -0.1) is 6.58 Å². The molecule has 1 unspecified atom stereocenters. The number of hydrogen-bond acceptors (Lipinski definition) is 2. The van der Waals surface area contributed by atoms with E-state index in [1.54, 1.807) is 7.11 Å². The monoisotopic (exact) mass is 283 g/mol. The molecule has 1 aromatic carbocycles. The summed E-state index contributed by atoms with van der Waals surface area (Å²) in [6, 6.07) is 6.57. The molecule has 0 aliphatic rings. The summed E-state index contributed by atoms with van der Waals surface area (Å²) in [5.41, 5.74) is 1.24. The van der Waals surface area contributed by atoms with Gasteiger partial charge in [-0.25, -0.2) is 0 Å². The minimum Gasteiger partial charge on any atom is -0.496 e. The van der Waals surface area contributed by atoms with Crippen LogP contribution in [0.3, 0.4) is 0 Å². The van der Waals surface area contributed by atoms with Crippen molar-refractivity contribution in [2.24, 2.45) is 0 Å². The summed E-state index contributed by atoms with van der Waals surface area (Å²) in [6.07, 6.45) is 2.92. The molecule has 1 aromatic rings. The molecule has 0 heterocycles. The van der Waals surface area contributed by atoms with Crippen molar-refractivity contribution >= 4 is 15.9 Å². The minimum absolute atomic E-state index is 0.457. The van der Waals surface area contributed by atoms with E-state index in [9.17, 15) is 0 Å². The Bertz CT molecular complexity index is 352. The van der Waals surface area contributed by atoms with Crippen LogP contribution in [-0.2, 0) is 6.54 Å². The fourth-order valence-electron chi connectivity index (χ4n) is 1.45. The van der Waals surface area contributed by atoms with E-state index >= 15 is 0 Å². The molecule has 0 radical (unpaired) electrons. The molecular formula is C13H18BrNO. The van der Waals surface area contributed by atoms with Crippen molar-refractivity contribution in [1.82, 2.24) is 5.32 Å². The zero-order valence-corrected chi connectivity index (χ0v) is 11.4. The maximum Gasteiger partial charge on any atom is 0.133 e. The maximum atomic E-state index is 5.18. The second kappa shape index (κ2) is 6.71. The van der Waals surface area contributed by atoms with E-state index in [2.05, 4.69) is 46.9 Å². The minimum atomic E-state index is 0.457. The number of rotatable bonds is 6. The molecule has 3 heteroatoms. The van der Waals surface area contributed by atoms with Gasteiger partial charge in [0.25, 0.3) is 0 Å². The first-order chi connectivity index (χ1) is 7.67. The highest BCUT2D eigenvalue weighted by atomic mass is 79.9. The van der Waals surface area contributed by atoms with Crippen LogP contribution in [0.15, 0.2) is 35.3 Å². The van der Waals surface area contributed by atoms with E-state index in [0.717, 1.165) is 23.2 Å². The Kier molecular flexibility index (Phi) is 5.56. The molecule has 0 aliphatic carbocycles. The van der Waals surface area contributed by atoms with E-state index in [1.807, 2.05) is 12.1 Å². The summed E-state index contributed by atoms with van der Waals surface area (Å²) < 4.78 is 6.17.